The van der Waals surface area contributed by atoms with Crippen LogP contribution >= 0.6 is 35.0 Å². The summed E-state index contributed by atoms with van der Waals surface area (Å²) in [6.07, 6.45) is 3.68. The first-order valence-corrected chi connectivity index (χ1v) is 15.7. The van der Waals surface area contributed by atoms with Gasteiger partial charge in [-0.15, -0.1) is 11.8 Å². The minimum Gasteiger partial charge on any atom is -0.361 e. The fourth-order valence-electron chi connectivity index (χ4n) is 5.26. The topological polar surface area (TPSA) is 62.7 Å². The molecular formula is C34H30Cl2N4OS. The number of carbonyl (C=O) groups excluding carboxylic acids is 1. The first-order chi connectivity index (χ1) is 20.5. The smallest absolute Gasteiger partial charge is 0.251 e. The maximum Gasteiger partial charge on any atom is 0.251 e. The van der Waals surface area contributed by atoms with Gasteiger partial charge in [-0.1, -0.05) is 60.5 Å². The summed E-state index contributed by atoms with van der Waals surface area (Å²) < 4.78 is 2.21. The third-order valence-electron chi connectivity index (χ3n) is 7.27. The van der Waals surface area contributed by atoms with Gasteiger partial charge in [0.2, 0.25) is 0 Å². The Labute approximate surface area is 259 Å². The van der Waals surface area contributed by atoms with Crippen LogP contribution in [0.1, 0.15) is 46.7 Å². The third-order valence-corrected chi connectivity index (χ3v) is 8.96. The van der Waals surface area contributed by atoms with Crippen LogP contribution in [0.5, 0.6) is 0 Å². The van der Waals surface area contributed by atoms with Gasteiger partial charge in [-0.2, -0.15) is 0 Å². The average Bonchev–Trinajstić information content (AvgIpc) is 3.57. The predicted octanol–water partition coefficient (Wildman–Crippen LogP) is 9.09. The molecule has 42 heavy (non-hydrogen) atoms. The summed E-state index contributed by atoms with van der Waals surface area (Å²) in [4.78, 5) is 23.4. The number of hydrogen-bond acceptors (Lipinski definition) is 3. The molecule has 6 aromatic rings. The molecule has 2 aromatic heterocycles. The van der Waals surface area contributed by atoms with Crippen molar-refractivity contribution in [3.63, 3.8) is 0 Å². The second-order valence-corrected chi connectivity index (χ2v) is 12.3. The highest BCUT2D eigenvalue weighted by Gasteiger charge is 2.25. The van der Waals surface area contributed by atoms with Crippen molar-refractivity contribution in [3.8, 4) is 0 Å². The van der Waals surface area contributed by atoms with Crippen LogP contribution in [0.3, 0.4) is 0 Å². The maximum absolute atomic E-state index is 13.6. The van der Waals surface area contributed by atoms with Gasteiger partial charge in [-0.05, 0) is 84.0 Å². The van der Waals surface area contributed by atoms with Crippen LogP contribution in [0.25, 0.3) is 21.9 Å². The molecule has 1 unspecified atom stereocenters. The highest BCUT2D eigenvalue weighted by Crippen LogP contribution is 2.31. The molecule has 2 heterocycles. The van der Waals surface area contributed by atoms with E-state index in [0.717, 1.165) is 51.1 Å². The highest BCUT2D eigenvalue weighted by molar-refractivity contribution is 7.99. The van der Waals surface area contributed by atoms with Crippen LogP contribution in [0.15, 0.2) is 102 Å². The molecule has 0 bridgehead atoms. The van der Waals surface area contributed by atoms with E-state index in [-0.39, 0.29) is 5.91 Å². The molecule has 0 radical (unpaired) electrons. The minimum absolute atomic E-state index is 0.183. The monoisotopic (exact) mass is 612 g/mol. The Kier molecular flexibility index (Phi) is 8.56. The number of benzene rings is 4. The summed E-state index contributed by atoms with van der Waals surface area (Å²) in [6.45, 7) is 2.75. The number of hydrogen-bond donors (Lipinski definition) is 2. The van der Waals surface area contributed by atoms with Crippen LogP contribution in [-0.2, 0) is 13.0 Å². The van der Waals surface area contributed by atoms with Gasteiger partial charge in [0.1, 0.15) is 5.82 Å². The van der Waals surface area contributed by atoms with E-state index in [1.54, 1.807) is 24.3 Å². The maximum atomic E-state index is 13.6. The van der Waals surface area contributed by atoms with E-state index in [4.69, 9.17) is 28.2 Å². The number of aromatic amines is 1. The zero-order valence-corrected chi connectivity index (χ0v) is 25.4. The Morgan fingerprint density at radius 3 is 2.62 bits per heavy atom. The number of thioether (sulfide) groups is 1. The normalized spacial score (nSPS) is 12.2. The molecule has 0 saturated heterocycles. The minimum atomic E-state index is -0.411. The molecule has 8 heteroatoms. The van der Waals surface area contributed by atoms with E-state index in [1.165, 1.54) is 4.90 Å². The molecule has 0 spiro atoms. The van der Waals surface area contributed by atoms with Crippen LogP contribution in [0, 0.1) is 0 Å². The molecule has 212 valence electrons. The number of para-hydroxylation sites is 1. The van der Waals surface area contributed by atoms with Crippen molar-refractivity contribution in [2.24, 2.45) is 0 Å². The molecule has 1 atom stereocenters. The molecule has 0 fully saturated rings. The van der Waals surface area contributed by atoms with Crippen molar-refractivity contribution in [1.82, 2.24) is 19.9 Å². The third kappa shape index (κ3) is 6.21. The van der Waals surface area contributed by atoms with E-state index < -0.39 is 6.04 Å². The second kappa shape index (κ2) is 12.7. The first-order valence-electron chi connectivity index (χ1n) is 14.0. The van der Waals surface area contributed by atoms with Gasteiger partial charge < -0.3 is 14.9 Å². The second-order valence-electron chi connectivity index (χ2n) is 10.3. The number of carbonyl (C=O) groups is 1. The van der Waals surface area contributed by atoms with Gasteiger partial charge in [-0.3, -0.25) is 4.79 Å². The van der Waals surface area contributed by atoms with Crippen molar-refractivity contribution >= 4 is 62.8 Å². The molecule has 1 amide bonds. The molecule has 0 aliphatic rings. The van der Waals surface area contributed by atoms with Crippen molar-refractivity contribution in [2.45, 2.75) is 37.2 Å². The summed E-state index contributed by atoms with van der Waals surface area (Å²) in [6, 6.07) is 29.1. The Bertz CT molecular complexity index is 1860. The summed E-state index contributed by atoms with van der Waals surface area (Å²) in [5.74, 6) is 1.65. The van der Waals surface area contributed by atoms with Crippen molar-refractivity contribution in [1.29, 1.82) is 0 Å². The van der Waals surface area contributed by atoms with E-state index >= 15 is 0 Å². The fraction of sp³-hybridized carbons (Fsp3) is 0.176. The van der Waals surface area contributed by atoms with E-state index in [9.17, 15) is 4.79 Å². The van der Waals surface area contributed by atoms with Crippen molar-refractivity contribution < 1.29 is 4.79 Å². The summed E-state index contributed by atoms with van der Waals surface area (Å²) >= 11 is 14.3. The van der Waals surface area contributed by atoms with Crippen molar-refractivity contribution in [2.75, 3.05) is 5.75 Å². The number of amides is 1. The summed E-state index contributed by atoms with van der Waals surface area (Å²) in [5.41, 5.74) is 5.67. The largest absolute Gasteiger partial charge is 0.361 e. The lowest BCUT2D eigenvalue weighted by molar-refractivity contribution is 0.0934. The number of H-pyrrole nitrogens is 1. The Morgan fingerprint density at radius 2 is 1.81 bits per heavy atom. The van der Waals surface area contributed by atoms with E-state index in [2.05, 4.69) is 58.2 Å². The molecule has 0 aliphatic heterocycles. The number of fused-ring (bicyclic) bond motifs is 2. The Morgan fingerprint density at radius 1 is 0.976 bits per heavy atom. The number of imidazole rings is 1. The standard InChI is InChI=1S/C34H30Cl2N4OS/c1-2-16-42-27-14-15-32-30(19-27)38-33(40(32)21-22-6-5-7-26(36)17-22)31(39-34(41)23-10-12-25(35)13-11-23)18-24-20-37-29-9-4-3-8-28(24)29/h3-15,17,19-20,31,37H,2,16,18,21H2,1H3,(H,39,41). The number of halogens is 2. The summed E-state index contributed by atoms with van der Waals surface area (Å²) in [5, 5.41) is 5.70. The first kappa shape index (κ1) is 28.4. The lowest BCUT2D eigenvalue weighted by Crippen LogP contribution is -2.32. The van der Waals surface area contributed by atoms with Crippen LogP contribution in [0.4, 0.5) is 0 Å². The summed E-state index contributed by atoms with van der Waals surface area (Å²) in [7, 11) is 0. The molecular weight excluding hydrogens is 583 g/mol. The quantitative estimate of drug-likeness (QED) is 0.152. The van der Waals surface area contributed by atoms with E-state index in [0.29, 0.717) is 28.6 Å². The number of aromatic nitrogens is 3. The Hall–Kier alpha value is -3.71. The highest BCUT2D eigenvalue weighted by atomic mass is 35.5. The Balaban J connectivity index is 1.47. The van der Waals surface area contributed by atoms with Crippen molar-refractivity contribution in [3.05, 3.63) is 130 Å². The molecule has 6 rings (SSSR count). The number of rotatable bonds is 10. The average molecular weight is 614 g/mol. The molecule has 4 aromatic carbocycles. The molecule has 0 saturated carbocycles. The fourth-order valence-corrected chi connectivity index (χ4v) is 6.40. The molecule has 5 nitrogen and oxygen atoms in total. The molecule has 2 N–H and O–H groups in total. The zero-order valence-electron chi connectivity index (χ0n) is 23.1. The van der Waals surface area contributed by atoms with Crippen LogP contribution < -0.4 is 5.32 Å². The van der Waals surface area contributed by atoms with Crippen LogP contribution in [-0.4, -0.2) is 26.2 Å². The predicted molar refractivity (Wildman–Crippen MR) is 175 cm³/mol. The van der Waals surface area contributed by atoms with Gasteiger partial charge in [0.05, 0.1) is 17.1 Å². The molecule has 0 aliphatic carbocycles. The van der Waals surface area contributed by atoms with Gasteiger partial charge in [0.15, 0.2) is 0 Å². The lowest BCUT2D eigenvalue weighted by atomic mass is 10.0. The van der Waals surface area contributed by atoms with E-state index in [1.807, 2.05) is 48.3 Å². The zero-order chi connectivity index (χ0) is 29.1. The van der Waals surface area contributed by atoms with Gasteiger partial charge in [0, 0.05) is 50.6 Å². The number of nitrogens with zero attached hydrogens (tertiary/aromatic N) is 2. The van der Waals surface area contributed by atoms with Gasteiger partial charge in [-0.25, -0.2) is 4.98 Å². The SMILES string of the molecule is CCCSc1ccc2c(c1)nc(C(Cc1c[nH]c3ccccc13)NC(=O)c1ccc(Cl)cc1)n2Cc1cccc(Cl)c1. The lowest BCUT2D eigenvalue weighted by Gasteiger charge is -2.21. The van der Waals surface area contributed by atoms with Gasteiger partial charge in [0.25, 0.3) is 5.91 Å². The number of nitrogens with one attached hydrogen (secondary N) is 2. The van der Waals surface area contributed by atoms with Gasteiger partial charge >= 0.3 is 0 Å². The van der Waals surface area contributed by atoms with Crippen LogP contribution in [0.2, 0.25) is 10.0 Å².